The molecule has 0 aromatic carbocycles. The highest BCUT2D eigenvalue weighted by molar-refractivity contribution is 5.79. The summed E-state index contributed by atoms with van der Waals surface area (Å²) < 4.78 is 0. The molecule has 0 atom stereocenters. The fraction of sp³-hybridized carbons (Fsp3) is 0.818. The predicted molar refractivity (Wildman–Crippen MR) is 54.4 cm³/mol. The van der Waals surface area contributed by atoms with Crippen LogP contribution in [0, 0.1) is 5.41 Å². The molecule has 1 N–H and O–H groups in total. The van der Waals surface area contributed by atoms with Gasteiger partial charge >= 0.3 is 5.97 Å². The van der Waals surface area contributed by atoms with E-state index < -0.39 is 5.97 Å². The van der Waals surface area contributed by atoms with Gasteiger partial charge in [0.1, 0.15) is 0 Å². The zero-order valence-corrected chi connectivity index (χ0v) is 8.87. The minimum atomic E-state index is -0.776. The lowest BCUT2D eigenvalue weighted by Gasteiger charge is -2.19. The fourth-order valence-corrected chi connectivity index (χ4v) is 2.31. The second kappa shape index (κ2) is 3.83. The third-order valence-electron chi connectivity index (χ3n) is 3.47. The van der Waals surface area contributed by atoms with Crippen molar-refractivity contribution in [3.63, 3.8) is 0 Å². The third kappa shape index (κ3) is 2.49. The van der Waals surface area contributed by atoms with Gasteiger partial charge in [0.2, 0.25) is 5.91 Å². The van der Waals surface area contributed by atoms with Crippen molar-refractivity contribution >= 4 is 11.9 Å². The Bertz CT molecular complexity index is 278. The molecular weight excluding hydrogens is 194 g/mol. The maximum absolute atomic E-state index is 11.8. The predicted octanol–water partition coefficient (Wildman–Crippen LogP) is 1.25. The number of amides is 1. The highest BCUT2D eigenvalue weighted by Gasteiger charge is 2.46. The number of rotatable bonds is 4. The molecule has 1 aliphatic carbocycles. The molecule has 2 fully saturated rings. The van der Waals surface area contributed by atoms with Gasteiger partial charge in [0, 0.05) is 19.5 Å². The molecule has 0 bridgehead atoms. The maximum atomic E-state index is 11.8. The summed E-state index contributed by atoms with van der Waals surface area (Å²) in [7, 11) is 0. The van der Waals surface area contributed by atoms with E-state index in [1.54, 1.807) is 0 Å². The van der Waals surface area contributed by atoms with Gasteiger partial charge in [-0.3, -0.25) is 9.59 Å². The number of carboxylic acids is 1. The molecule has 1 amide bonds. The first kappa shape index (κ1) is 10.5. The van der Waals surface area contributed by atoms with Crippen LogP contribution in [-0.4, -0.2) is 35.0 Å². The summed E-state index contributed by atoms with van der Waals surface area (Å²) in [5, 5.41) is 8.74. The van der Waals surface area contributed by atoms with Crippen LogP contribution in [-0.2, 0) is 9.59 Å². The van der Waals surface area contributed by atoms with Crippen LogP contribution in [0.15, 0.2) is 0 Å². The Kier molecular flexibility index (Phi) is 2.67. The van der Waals surface area contributed by atoms with Crippen molar-refractivity contribution in [1.82, 2.24) is 4.90 Å². The molecule has 0 radical (unpaired) electrons. The number of carbonyl (C=O) groups is 2. The molecule has 0 unspecified atom stereocenters. The van der Waals surface area contributed by atoms with Crippen LogP contribution in [0.2, 0.25) is 0 Å². The topological polar surface area (TPSA) is 57.6 Å². The van der Waals surface area contributed by atoms with Crippen LogP contribution in [0.4, 0.5) is 0 Å². The van der Waals surface area contributed by atoms with Gasteiger partial charge in [-0.25, -0.2) is 0 Å². The van der Waals surface area contributed by atoms with Crippen LogP contribution in [0.1, 0.15) is 38.5 Å². The van der Waals surface area contributed by atoms with Gasteiger partial charge in [0.15, 0.2) is 0 Å². The second-order valence-electron chi connectivity index (χ2n) is 4.84. The van der Waals surface area contributed by atoms with Crippen molar-refractivity contribution in [2.75, 3.05) is 13.1 Å². The van der Waals surface area contributed by atoms with E-state index in [9.17, 15) is 9.59 Å². The van der Waals surface area contributed by atoms with E-state index in [1.165, 1.54) is 0 Å². The monoisotopic (exact) mass is 211 g/mol. The molecule has 1 heterocycles. The molecule has 1 saturated carbocycles. The smallest absolute Gasteiger partial charge is 0.303 e. The Morgan fingerprint density at radius 2 is 1.73 bits per heavy atom. The van der Waals surface area contributed by atoms with Gasteiger partial charge in [0.25, 0.3) is 0 Å². The SMILES string of the molecule is O=C(O)CC1(CC(=O)N2CCCC2)CC1. The minimum Gasteiger partial charge on any atom is -0.481 e. The highest BCUT2D eigenvalue weighted by Crippen LogP contribution is 2.52. The molecule has 4 nitrogen and oxygen atoms in total. The van der Waals surface area contributed by atoms with Gasteiger partial charge in [-0.2, -0.15) is 0 Å². The zero-order valence-electron chi connectivity index (χ0n) is 8.87. The molecule has 0 aromatic heterocycles. The van der Waals surface area contributed by atoms with Gasteiger partial charge in [-0.05, 0) is 31.1 Å². The first-order valence-corrected chi connectivity index (χ1v) is 5.61. The van der Waals surface area contributed by atoms with Crippen molar-refractivity contribution in [3.05, 3.63) is 0 Å². The molecule has 1 saturated heterocycles. The summed E-state index contributed by atoms with van der Waals surface area (Å²) in [5.41, 5.74) is -0.189. The molecule has 15 heavy (non-hydrogen) atoms. The standard InChI is InChI=1S/C11H17NO3/c13-9(12-5-1-2-6-12)7-11(3-4-11)8-10(14)15/h1-8H2,(H,14,15). The maximum Gasteiger partial charge on any atom is 0.303 e. The van der Waals surface area contributed by atoms with E-state index in [0.717, 1.165) is 38.8 Å². The van der Waals surface area contributed by atoms with Gasteiger partial charge in [-0.1, -0.05) is 0 Å². The number of carboxylic acid groups (broad SMARTS) is 1. The molecule has 2 rings (SSSR count). The van der Waals surface area contributed by atoms with Crippen molar-refractivity contribution in [2.24, 2.45) is 5.41 Å². The van der Waals surface area contributed by atoms with Crippen LogP contribution in [0.5, 0.6) is 0 Å². The summed E-state index contributed by atoms with van der Waals surface area (Å²) in [6, 6.07) is 0. The number of hydrogen-bond acceptors (Lipinski definition) is 2. The average molecular weight is 211 g/mol. The van der Waals surface area contributed by atoms with Gasteiger partial charge < -0.3 is 10.0 Å². The van der Waals surface area contributed by atoms with Crippen molar-refractivity contribution in [2.45, 2.75) is 38.5 Å². The van der Waals surface area contributed by atoms with E-state index in [0.29, 0.717) is 6.42 Å². The van der Waals surface area contributed by atoms with Crippen molar-refractivity contribution in [3.8, 4) is 0 Å². The number of nitrogens with zero attached hydrogens (tertiary/aromatic N) is 1. The Morgan fingerprint density at radius 3 is 2.20 bits per heavy atom. The molecule has 4 heteroatoms. The van der Waals surface area contributed by atoms with E-state index in [-0.39, 0.29) is 17.7 Å². The van der Waals surface area contributed by atoms with Crippen LogP contribution in [0.3, 0.4) is 0 Å². The highest BCUT2D eigenvalue weighted by atomic mass is 16.4. The van der Waals surface area contributed by atoms with E-state index >= 15 is 0 Å². The first-order valence-electron chi connectivity index (χ1n) is 5.61. The quantitative estimate of drug-likeness (QED) is 0.761. The molecule has 84 valence electrons. The van der Waals surface area contributed by atoms with E-state index in [2.05, 4.69) is 0 Å². The molecule has 2 aliphatic rings. The van der Waals surface area contributed by atoms with Crippen LogP contribution >= 0.6 is 0 Å². The summed E-state index contributed by atoms with van der Waals surface area (Å²) >= 11 is 0. The van der Waals surface area contributed by atoms with E-state index in [4.69, 9.17) is 5.11 Å². The lowest BCUT2D eigenvalue weighted by molar-refractivity contribution is -0.139. The Labute approximate surface area is 89.3 Å². The molecular formula is C11H17NO3. The molecule has 1 aliphatic heterocycles. The lowest BCUT2D eigenvalue weighted by atomic mass is 9.97. The Hall–Kier alpha value is -1.06. The second-order valence-corrected chi connectivity index (χ2v) is 4.84. The Morgan fingerprint density at radius 1 is 1.13 bits per heavy atom. The lowest BCUT2D eigenvalue weighted by Crippen LogP contribution is -2.30. The number of likely N-dealkylation sites (tertiary alicyclic amines) is 1. The Balaban J connectivity index is 1.85. The zero-order chi connectivity index (χ0) is 10.9. The van der Waals surface area contributed by atoms with Crippen LogP contribution in [0.25, 0.3) is 0 Å². The van der Waals surface area contributed by atoms with Crippen molar-refractivity contribution in [1.29, 1.82) is 0 Å². The summed E-state index contributed by atoms with van der Waals surface area (Å²) in [6.45, 7) is 1.73. The average Bonchev–Trinajstić information content (AvgIpc) is 2.68. The third-order valence-corrected chi connectivity index (χ3v) is 3.47. The van der Waals surface area contributed by atoms with Crippen molar-refractivity contribution < 1.29 is 14.7 Å². The van der Waals surface area contributed by atoms with Gasteiger partial charge in [-0.15, -0.1) is 0 Å². The van der Waals surface area contributed by atoms with E-state index in [1.807, 2.05) is 4.90 Å². The number of aliphatic carboxylic acids is 1. The first-order chi connectivity index (χ1) is 7.11. The largest absolute Gasteiger partial charge is 0.481 e. The minimum absolute atomic E-state index is 0.159. The molecule has 0 spiro atoms. The van der Waals surface area contributed by atoms with Gasteiger partial charge in [0.05, 0.1) is 6.42 Å². The molecule has 0 aromatic rings. The summed E-state index contributed by atoms with van der Waals surface area (Å²) in [5.74, 6) is -0.618. The van der Waals surface area contributed by atoms with Crippen LogP contribution < -0.4 is 0 Å². The fourth-order valence-electron chi connectivity index (χ4n) is 2.31. The summed E-state index contributed by atoms with van der Waals surface area (Å²) in [6.07, 6.45) is 4.60. The number of carbonyl (C=O) groups excluding carboxylic acids is 1. The normalized spacial score (nSPS) is 22.8. The number of hydrogen-bond donors (Lipinski definition) is 1. The summed E-state index contributed by atoms with van der Waals surface area (Å²) in [4.78, 5) is 24.3.